The number of rotatable bonds is 5. The lowest BCUT2D eigenvalue weighted by atomic mass is 10.2. The highest BCUT2D eigenvalue weighted by atomic mass is 16.5. The molecule has 0 aliphatic rings. The fourth-order valence-corrected chi connectivity index (χ4v) is 1.11. The highest BCUT2D eigenvalue weighted by molar-refractivity contribution is 5.39. The van der Waals surface area contributed by atoms with E-state index in [9.17, 15) is 4.79 Å². The van der Waals surface area contributed by atoms with Crippen LogP contribution in [0.4, 0.5) is 5.69 Å². The first kappa shape index (κ1) is 10.7. The molecule has 0 fully saturated rings. The molecule has 0 aromatic carbocycles. The monoisotopic (exact) mass is 197 g/mol. The van der Waals surface area contributed by atoms with Gasteiger partial charge < -0.3 is 10.1 Å². The van der Waals surface area contributed by atoms with E-state index in [0.29, 0.717) is 6.61 Å². The van der Waals surface area contributed by atoms with Crippen LogP contribution in [0.1, 0.15) is 13.3 Å². The zero-order chi connectivity index (χ0) is 10.4. The van der Waals surface area contributed by atoms with E-state index in [1.54, 1.807) is 13.3 Å². The molecule has 0 radical (unpaired) electrons. The molecule has 0 bridgehead atoms. The first-order chi connectivity index (χ1) is 6.72. The lowest BCUT2D eigenvalue weighted by Crippen LogP contribution is -2.19. The number of hydrogen-bond donors (Lipinski definition) is 2. The highest BCUT2D eigenvalue weighted by Crippen LogP contribution is 2.04. The first-order valence-electron chi connectivity index (χ1n) is 4.52. The molecule has 1 heterocycles. The van der Waals surface area contributed by atoms with Gasteiger partial charge in [0.2, 0.25) is 0 Å². The molecule has 1 rings (SSSR count). The molecule has 0 saturated heterocycles. The van der Waals surface area contributed by atoms with Crippen molar-refractivity contribution in [2.24, 2.45) is 0 Å². The van der Waals surface area contributed by atoms with E-state index in [0.717, 1.165) is 12.1 Å². The third-order valence-corrected chi connectivity index (χ3v) is 1.83. The van der Waals surface area contributed by atoms with E-state index >= 15 is 0 Å². The van der Waals surface area contributed by atoms with E-state index in [1.807, 2.05) is 6.92 Å². The van der Waals surface area contributed by atoms with Gasteiger partial charge in [0.25, 0.3) is 5.56 Å². The minimum Gasteiger partial charge on any atom is -0.385 e. The predicted octanol–water partition coefficient (Wildman–Crippen LogP) is 0.607. The number of hydrogen-bond acceptors (Lipinski definition) is 4. The molecular formula is C9H15N3O2. The average molecular weight is 197 g/mol. The molecule has 1 aromatic heterocycles. The van der Waals surface area contributed by atoms with Gasteiger partial charge in [-0.2, -0.15) is 5.10 Å². The second kappa shape index (κ2) is 5.39. The van der Waals surface area contributed by atoms with Crippen LogP contribution in [0.15, 0.2) is 17.1 Å². The van der Waals surface area contributed by atoms with Crippen molar-refractivity contribution in [3.05, 3.63) is 22.6 Å². The van der Waals surface area contributed by atoms with E-state index in [4.69, 9.17) is 4.74 Å². The van der Waals surface area contributed by atoms with Gasteiger partial charge in [-0.05, 0) is 13.3 Å². The van der Waals surface area contributed by atoms with E-state index < -0.39 is 0 Å². The third kappa shape index (κ3) is 3.57. The summed E-state index contributed by atoms with van der Waals surface area (Å²) in [5, 5.41) is 9.16. The van der Waals surface area contributed by atoms with Crippen LogP contribution in [0.5, 0.6) is 0 Å². The summed E-state index contributed by atoms with van der Waals surface area (Å²) in [7, 11) is 1.67. The summed E-state index contributed by atoms with van der Waals surface area (Å²) in [5.41, 5.74) is 0.534. The summed E-state index contributed by atoms with van der Waals surface area (Å²) in [4.78, 5) is 10.9. The Morgan fingerprint density at radius 3 is 3.14 bits per heavy atom. The lowest BCUT2D eigenvalue weighted by Gasteiger charge is -2.13. The first-order valence-corrected chi connectivity index (χ1v) is 4.52. The second-order valence-corrected chi connectivity index (χ2v) is 3.16. The zero-order valence-corrected chi connectivity index (χ0v) is 8.41. The molecule has 14 heavy (non-hydrogen) atoms. The van der Waals surface area contributed by atoms with Gasteiger partial charge >= 0.3 is 0 Å². The SMILES string of the molecule is COCCC(C)Nc1cn[nH]c(=O)c1. The standard InChI is InChI=1S/C9H15N3O2/c1-7(3-4-14-2)11-8-5-9(13)12-10-6-8/h5-7H,3-4H2,1-2H3,(H2,11,12,13). The van der Waals surface area contributed by atoms with Crippen LogP contribution >= 0.6 is 0 Å². The molecule has 1 unspecified atom stereocenters. The van der Waals surface area contributed by atoms with E-state index in [2.05, 4.69) is 15.5 Å². The van der Waals surface area contributed by atoms with Crippen molar-refractivity contribution in [2.75, 3.05) is 19.0 Å². The Morgan fingerprint density at radius 1 is 1.71 bits per heavy atom. The van der Waals surface area contributed by atoms with Crippen molar-refractivity contribution in [1.82, 2.24) is 10.2 Å². The Morgan fingerprint density at radius 2 is 2.50 bits per heavy atom. The molecule has 0 aliphatic carbocycles. The summed E-state index contributed by atoms with van der Waals surface area (Å²) in [6, 6.07) is 1.74. The van der Waals surface area contributed by atoms with Crippen molar-refractivity contribution < 1.29 is 4.74 Å². The number of nitrogens with zero attached hydrogens (tertiary/aromatic N) is 1. The third-order valence-electron chi connectivity index (χ3n) is 1.83. The van der Waals surface area contributed by atoms with Crippen LogP contribution in [0.3, 0.4) is 0 Å². The number of ether oxygens (including phenoxy) is 1. The quantitative estimate of drug-likeness (QED) is 0.725. The summed E-state index contributed by atoms with van der Waals surface area (Å²) >= 11 is 0. The summed E-state index contributed by atoms with van der Waals surface area (Å²) in [5.74, 6) is 0. The predicted molar refractivity (Wildman–Crippen MR) is 54.4 cm³/mol. The Labute approximate surface area is 82.5 Å². The molecule has 78 valence electrons. The number of anilines is 1. The normalized spacial score (nSPS) is 12.4. The number of aromatic nitrogens is 2. The van der Waals surface area contributed by atoms with Crippen LogP contribution in [0.2, 0.25) is 0 Å². The highest BCUT2D eigenvalue weighted by Gasteiger charge is 2.01. The van der Waals surface area contributed by atoms with Gasteiger partial charge in [0.1, 0.15) is 0 Å². The summed E-state index contributed by atoms with van der Waals surface area (Å²) in [6.45, 7) is 2.73. The molecular weight excluding hydrogens is 182 g/mol. The Balaban J connectivity index is 2.47. The Kier molecular flexibility index (Phi) is 4.12. The molecule has 5 nitrogen and oxygen atoms in total. The number of aromatic amines is 1. The largest absolute Gasteiger partial charge is 0.385 e. The van der Waals surface area contributed by atoms with Gasteiger partial charge in [0, 0.05) is 25.8 Å². The van der Waals surface area contributed by atoms with Gasteiger partial charge in [-0.15, -0.1) is 0 Å². The maximum atomic E-state index is 10.9. The minimum atomic E-state index is -0.200. The molecule has 0 spiro atoms. The fraction of sp³-hybridized carbons (Fsp3) is 0.556. The van der Waals surface area contributed by atoms with Crippen molar-refractivity contribution in [2.45, 2.75) is 19.4 Å². The Hall–Kier alpha value is -1.36. The van der Waals surface area contributed by atoms with E-state index in [1.165, 1.54) is 6.07 Å². The van der Waals surface area contributed by atoms with Crippen molar-refractivity contribution in [1.29, 1.82) is 0 Å². The van der Waals surface area contributed by atoms with Gasteiger partial charge in [0.15, 0.2) is 0 Å². The summed E-state index contributed by atoms with van der Waals surface area (Å²) in [6.07, 6.45) is 2.48. The van der Waals surface area contributed by atoms with Crippen molar-refractivity contribution in [3.8, 4) is 0 Å². The van der Waals surface area contributed by atoms with E-state index in [-0.39, 0.29) is 11.6 Å². The van der Waals surface area contributed by atoms with Crippen molar-refractivity contribution in [3.63, 3.8) is 0 Å². The van der Waals surface area contributed by atoms with Gasteiger partial charge in [-0.3, -0.25) is 4.79 Å². The van der Waals surface area contributed by atoms with Crippen LogP contribution in [0.25, 0.3) is 0 Å². The second-order valence-electron chi connectivity index (χ2n) is 3.16. The van der Waals surface area contributed by atoms with Gasteiger partial charge in [0.05, 0.1) is 11.9 Å². The molecule has 0 saturated carbocycles. The van der Waals surface area contributed by atoms with Gasteiger partial charge in [-0.1, -0.05) is 0 Å². The zero-order valence-electron chi connectivity index (χ0n) is 8.41. The molecule has 2 N–H and O–H groups in total. The fourth-order valence-electron chi connectivity index (χ4n) is 1.11. The molecule has 0 aliphatic heterocycles. The number of methoxy groups -OCH3 is 1. The van der Waals surface area contributed by atoms with Crippen LogP contribution in [0, 0.1) is 0 Å². The maximum absolute atomic E-state index is 10.9. The van der Waals surface area contributed by atoms with Crippen molar-refractivity contribution >= 4 is 5.69 Å². The molecule has 0 amide bonds. The lowest BCUT2D eigenvalue weighted by molar-refractivity contribution is 0.191. The van der Waals surface area contributed by atoms with Crippen LogP contribution in [-0.2, 0) is 4.74 Å². The smallest absolute Gasteiger partial charge is 0.266 e. The molecule has 1 aromatic rings. The maximum Gasteiger partial charge on any atom is 0.266 e. The van der Waals surface area contributed by atoms with Crippen LogP contribution < -0.4 is 10.9 Å². The summed E-state index contributed by atoms with van der Waals surface area (Å²) < 4.78 is 4.95. The van der Waals surface area contributed by atoms with Crippen LogP contribution in [-0.4, -0.2) is 30.0 Å². The molecule has 5 heteroatoms. The molecule has 1 atom stereocenters. The Bertz CT molecular complexity index is 324. The number of H-pyrrole nitrogens is 1. The minimum absolute atomic E-state index is 0.200. The topological polar surface area (TPSA) is 67.0 Å². The van der Waals surface area contributed by atoms with Gasteiger partial charge in [-0.25, -0.2) is 5.10 Å². The number of nitrogens with one attached hydrogen (secondary N) is 2. The average Bonchev–Trinajstić information content (AvgIpc) is 2.15.